The second kappa shape index (κ2) is 5.87. The van der Waals surface area contributed by atoms with Crippen molar-refractivity contribution in [3.8, 4) is 0 Å². The van der Waals surface area contributed by atoms with Crippen LogP contribution in [0.3, 0.4) is 0 Å². The number of halogens is 1. The predicted molar refractivity (Wildman–Crippen MR) is 78.1 cm³/mol. The van der Waals surface area contributed by atoms with E-state index >= 15 is 0 Å². The van der Waals surface area contributed by atoms with Gasteiger partial charge in [0, 0.05) is 12.1 Å². The first-order valence-corrected chi connectivity index (χ1v) is 9.24. The van der Waals surface area contributed by atoms with E-state index in [1.807, 2.05) is 0 Å². The maximum absolute atomic E-state index is 13.6. The largest absolute Gasteiger partial charge is 0.398 e. The van der Waals surface area contributed by atoms with Crippen molar-refractivity contribution in [1.29, 1.82) is 0 Å². The third-order valence-electron chi connectivity index (χ3n) is 2.43. The molecule has 0 radical (unpaired) electrons. The quantitative estimate of drug-likeness (QED) is 0.631. The highest BCUT2D eigenvalue weighted by Gasteiger charge is 2.27. The van der Waals surface area contributed by atoms with Gasteiger partial charge in [-0.05, 0) is 26.0 Å². The summed E-state index contributed by atoms with van der Waals surface area (Å²) in [5, 5.41) is 0. The maximum Gasteiger partial charge on any atom is 0.245 e. The van der Waals surface area contributed by atoms with Gasteiger partial charge in [0.1, 0.15) is 10.7 Å². The molecule has 1 aromatic carbocycles. The summed E-state index contributed by atoms with van der Waals surface area (Å²) < 4.78 is 64.6. The van der Waals surface area contributed by atoms with Crippen LogP contribution in [0.25, 0.3) is 0 Å². The van der Waals surface area contributed by atoms with E-state index in [0.717, 1.165) is 12.3 Å². The Morgan fingerprint density at radius 1 is 1.24 bits per heavy atom. The van der Waals surface area contributed by atoms with Crippen LogP contribution in [0.4, 0.5) is 10.1 Å². The van der Waals surface area contributed by atoms with E-state index in [-0.39, 0.29) is 12.2 Å². The van der Waals surface area contributed by atoms with Gasteiger partial charge in [0.15, 0.2) is 0 Å². The smallest absolute Gasteiger partial charge is 0.245 e. The molecule has 1 aromatic rings. The van der Waals surface area contributed by atoms with Crippen LogP contribution in [-0.4, -0.2) is 35.2 Å². The number of hydrogen-bond acceptors (Lipinski definition) is 5. The Labute approximate surface area is 123 Å². The zero-order chi connectivity index (χ0) is 16.5. The van der Waals surface area contributed by atoms with Gasteiger partial charge in [-0.1, -0.05) is 6.07 Å². The number of nitrogen functional groups attached to an aromatic ring is 1. The molecule has 0 heterocycles. The molecule has 0 aliphatic heterocycles. The normalized spacial score (nSPS) is 13.3. The van der Waals surface area contributed by atoms with Crippen LogP contribution in [-0.2, 0) is 20.0 Å². The Kier molecular flexibility index (Phi) is 4.98. The molecule has 7 nitrogen and oxygen atoms in total. The summed E-state index contributed by atoms with van der Waals surface area (Å²) in [5.41, 5.74) is 4.17. The molecule has 120 valence electrons. The Morgan fingerprint density at radius 3 is 2.29 bits per heavy atom. The van der Waals surface area contributed by atoms with Crippen LogP contribution < -0.4 is 15.2 Å². The molecule has 10 heteroatoms. The number of anilines is 1. The minimum Gasteiger partial charge on any atom is -0.398 e. The third kappa shape index (κ3) is 5.23. The van der Waals surface area contributed by atoms with E-state index < -0.39 is 36.3 Å². The van der Waals surface area contributed by atoms with Gasteiger partial charge >= 0.3 is 0 Å². The third-order valence-corrected chi connectivity index (χ3v) is 4.85. The van der Waals surface area contributed by atoms with Gasteiger partial charge in [-0.25, -0.2) is 30.7 Å². The molecule has 0 aliphatic carbocycles. The molecular weight excluding hydrogens is 321 g/mol. The van der Waals surface area contributed by atoms with E-state index in [1.165, 1.54) is 26.0 Å². The lowest BCUT2D eigenvalue weighted by atomic mass is 10.1. The molecule has 0 saturated carbocycles. The molecule has 0 fully saturated rings. The molecule has 0 saturated heterocycles. The average Bonchev–Trinajstić information content (AvgIpc) is 2.23. The van der Waals surface area contributed by atoms with Gasteiger partial charge in [0.25, 0.3) is 0 Å². The Bertz CT molecular complexity index is 710. The lowest BCUT2D eigenvalue weighted by Crippen LogP contribution is -2.51. The van der Waals surface area contributed by atoms with Crippen LogP contribution >= 0.6 is 0 Å². The maximum atomic E-state index is 13.6. The van der Waals surface area contributed by atoms with E-state index in [9.17, 15) is 21.2 Å². The van der Waals surface area contributed by atoms with Crippen molar-refractivity contribution in [3.05, 3.63) is 24.0 Å². The molecule has 4 N–H and O–H groups in total. The van der Waals surface area contributed by atoms with Crippen molar-refractivity contribution in [2.24, 2.45) is 0 Å². The molecule has 0 aliphatic rings. The lowest BCUT2D eigenvalue weighted by Gasteiger charge is -2.25. The molecule has 0 atom stereocenters. The van der Waals surface area contributed by atoms with Gasteiger partial charge in [0.2, 0.25) is 20.0 Å². The first-order chi connectivity index (χ1) is 9.34. The van der Waals surface area contributed by atoms with Gasteiger partial charge in [-0.3, -0.25) is 0 Å². The topological polar surface area (TPSA) is 118 Å². The van der Waals surface area contributed by atoms with E-state index in [4.69, 9.17) is 5.73 Å². The predicted octanol–water partition coefficient (Wildman–Crippen LogP) is 0.0140. The minimum atomic E-state index is -4.20. The Balaban J connectivity index is 2.97. The fraction of sp³-hybridized carbons (Fsp3) is 0.455. The van der Waals surface area contributed by atoms with Crippen molar-refractivity contribution in [1.82, 2.24) is 9.44 Å². The zero-order valence-corrected chi connectivity index (χ0v) is 13.5. The fourth-order valence-electron chi connectivity index (χ4n) is 1.69. The molecule has 0 bridgehead atoms. The van der Waals surface area contributed by atoms with Crippen molar-refractivity contribution < 1.29 is 21.2 Å². The van der Waals surface area contributed by atoms with Crippen molar-refractivity contribution >= 4 is 25.7 Å². The molecule has 21 heavy (non-hydrogen) atoms. The van der Waals surface area contributed by atoms with Crippen molar-refractivity contribution in [2.45, 2.75) is 24.3 Å². The number of rotatable bonds is 6. The van der Waals surface area contributed by atoms with Crippen LogP contribution in [0, 0.1) is 5.82 Å². The average molecular weight is 339 g/mol. The summed E-state index contributed by atoms with van der Waals surface area (Å²) in [4.78, 5) is -0.653. The summed E-state index contributed by atoms with van der Waals surface area (Å²) in [6, 6.07) is 3.53. The number of sulfonamides is 2. The summed E-state index contributed by atoms with van der Waals surface area (Å²) in [6.07, 6.45) is 0.956. The Hall–Kier alpha value is -1.23. The van der Waals surface area contributed by atoms with Gasteiger partial charge in [0.05, 0.1) is 11.9 Å². The first-order valence-electron chi connectivity index (χ1n) is 5.87. The minimum absolute atomic E-state index is 0.226. The monoisotopic (exact) mass is 339 g/mol. The molecular formula is C11H18FN3O4S2. The number of nitrogens with one attached hydrogen (secondary N) is 2. The van der Waals surface area contributed by atoms with E-state index in [1.54, 1.807) is 0 Å². The van der Waals surface area contributed by atoms with Gasteiger partial charge in [-0.2, -0.15) is 0 Å². The zero-order valence-electron chi connectivity index (χ0n) is 11.8. The summed E-state index contributed by atoms with van der Waals surface area (Å²) in [7, 11) is -7.71. The highest BCUT2D eigenvalue weighted by atomic mass is 32.2. The summed E-state index contributed by atoms with van der Waals surface area (Å²) in [5.74, 6) is -0.976. The molecule has 0 amide bonds. The van der Waals surface area contributed by atoms with Crippen molar-refractivity contribution in [3.63, 3.8) is 0 Å². The summed E-state index contributed by atoms with van der Waals surface area (Å²) in [6.45, 7) is 2.71. The standard InChI is InChI=1S/C11H18FN3O4S2/c1-11(2,15-20(3,16)17)7-14-21(18,19)10-8(12)5-4-6-9(10)13/h4-6,14-15H,7,13H2,1-3H3. The van der Waals surface area contributed by atoms with Crippen LogP contribution in [0.15, 0.2) is 23.1 Å². The SMILES string of the molecule is CC(C)(CNS(=O)(=O)c1c(N)cccc1F)NS(C)(=O)=O. The lowest BCUT2D eigenvalue weighted by molar-refractivity contribution is 0.445. The second-order valence-corrected chi connectivity index (χ2v) is 8.69. The van der Waals surface area contributed by atoms with Crippen LogP contribution in [0.5, 0.6) is 0 Å². The summed E-state index contributed by atoms with van der Waals surface area (Å²) >= 11 is 0. The van der Waals surface area contributed by atoms with Gasteiger partial charge < -0.3 is 5.73 Å². The first kappa shape index (κ1) is 17.8. The van der Waals surface area contributed by atoms with Crippen LogP contribution in [0.1, 0.15) is 13.8 Å². The van der Waals surface area contributed by atoms with E-state index in [2.05, 4.69) is 9.44 Å². The molecule has 0 unspecified atom stereocenters. The van der Waals surface area contributed by atoms with Crippen molar-refractivity contribution in [2.75, 3.05) is 18.5 Å². The molecule has 0 aromatic heterocycles. The number of nitrogens with two attached hydrogens (primary N) is 1. The van der Waals surface area contributed by atoms with Gasteiger partial charge in [-0.15, -0.1) is 0 Å². The fourth-order valence-corrected chi connectivity index (χ4v) is 4.17. The molecule has 1 rings (SSSR count). The highest BCUT2D eigenvalue weighted by molar-refractivity contribution is 7.89. The number of hydrogen-bond donors (Lipinski definition) is 3. The van der Waals surface area contributed by atoms with E-state index in [0.29, 0.717) is 0 Å². The number of benzene rings is 1. The highest BCUT2D eigenvalue weighted by Crippen LogP contribution is 2.21. The Morgan fingerprint density at radius 2 is 1.81 bits per heavy atom. The molecule has 0 spiro atoms. The van der Waals surface area contributed by atoms with Crippen LogP contribution in [0.2, 0.25) is 0 Å². The second-order valence-electron chi connectivity index (χ2n) is 5.24.